The zero-order valence-electron chi connectivity index (χ0n) is 7.85. The zero-order chi connectivity index (χ0) is 8.69. The van der Waals surface area contributed by atoms with Gasteiger partial charge in [-0.1, -0.05) is 13.8 Å². The molecule has 0 aromatic rings. The van der Waals surface area contributed by atoms with Gasteiger partial charge in [-0.15, -0.1) is 12.3 Å². The number of nitrogens with one attached hydrogen (secondary N) is 1. The summed E-state index contributed by atoms with van der Waals surface area (Å²) in [4.78, 5) is 0. The second kappa shape index (κ2) is 6.24. The Morgan fingerprint density at radius 3 is 2.45 bits per heavy atom. The molecule has 0 fully saturated rings. The molecule has 0 heterocycles. The normalized spacial score (nSPS) is 13.0. The van der Waals surface area contributed by atoms with E-state index in [1.54, 1.807) is 0 Å². The van der Waals surface area contributed by atoms with Crippen molar-refractivity contribution < 1.29 is 0 Å². The van der Waals surface area contributed by atoms with Crippen LogP contribution in [0.1, 0.15) is 33.6 Å². The van der Waals surface area contributed by atoms with Gasteiger partial charge in [-0.3, -0.25) is 0 Å². The van der Waals surface area contributed by atoms with Gasteiger partial charge in [0.05, 0.1) is 0 Å². The first kappa shape index (κ1) is 10.5. The van der Waals surface area contributed by atoms with Gasteiger partial charge in [-0.25, -0.2) is 0 Å². The molecule has 1 heteroatoms. The quantitative estimate of drug-likeness (QED) is 0.471. The zero-order valence-corrected chi connectivity index (χ0v) is 7.85. The van der Waals surface area contributed by atoms with Gasteiger partial charge in [0.25, 0.3) is 0 Å². The van der Waals surface area contributed by atoms with E-state index in [-0.39, 0.29) is 0 Å². The van der Waals surface area contributed by atoms with E-state index >= 15 is 0 Å². The van der Waals surface area contributed by atoms with Crippen LogP contribution in [0.2, 0.25) is 0 Å². The molecule has 0 radical (unpaired) electrons. The third-order valence-corrected chi connectivity index (χ3v) is 1.59. The summed E-state index contributed by atoms with van der Waals surface area (Å²) >= 11 is 0. The molecule has 0 amide bonds. The van der Waals surface area contributed by atoms with E-state index in [4.69, 9.17) is 6.42 Å². The summed E-state index contributed by atoms with van der Waals surface area (Å²) in [5.41, 5.74) is 0. The van der Waals surface area contributed by atoms with Crippen molar-refractivity contribution >= 4 is 0 Å². The first-order chi connectivity index (χ1) is 5.16. The fourth-order valence-corrected chi connectivity index (χ4v) is 1.18. The minimum Gasteiger partial charge on any atom is -0.313 e. The fourth-order valence-electron chi connectivity index (χ4n) is 1.18. The minimum absolute atomic E-state index is 0.600. The minimum atomic E-state index is 0.600. The van der Waals surface area contributed by atoms with Crippen LogP contribution < -0.4 is 5.32 Å². The summed E-state index contributed by atoms with van der Waals surface area (Å²) in [7, 11) is 0. The van der Waals surface area contributed by atoms with Gasteiger partial charge in [-0.2, -0.15) is 0 Å². The number of hydrogen-bond donors (Lipinski definition) is 1. The van der Waals surface area contributed by atoms with Crippen molar-refractivity contribution in [3.05, 3.63) is 0 Å². The van der Waals surface area contributed by atoms with Crippen LogP contribution >= 0.6 is 0 Å². The Balaban J connectivity index is 3.24. The molecule has 0 aliphatic carbocycles. The molecule has 0 saturated heterocycles. The Hall–Kier alpha value is -0.480. The summed E-state index contributed by atoms with van der Waals surface area (Å²) in [6, 6.07) is 0.600. The van der Waals surface area contributed by atoms with Gasteiger partial charge in [0.1, 0.15) is 0 Å². The Kier molecular flexibility index (Phi) is 5.97. The van der Waals surface area contributed by atoms with Crippen molar-refractivity contribution in [1.82, 2.24) is 5.32 Å². The second-order valence-corrected chi connectivity index (χ2v) is 3.44. The highest BCUT2D eigenvalue weighted by Gasteiger charge is 2.02. The summed E-state index contributed by atoms with van der Waals surface area (Å²) < 4.78 is 0. The Bertz CT molecular complexity index is 121. The molecule has 1 atom stereocenters. The highest BCUT2D eigenvalue weighted by Crippen LogP contribution is 2.03. The predicted molar refractivity (Wildman–Crippen MR) is 50.4 cm³/mol. The molecule has 1 N–H and O–H groups in total. The molecule has 1 unspecified atom stereocenters. The lowest BCUT2D eigenvalue weighted by Crippen LogP contribution is -2.28. The third kappa shape index (κ3) is 7.42. The molecular formula is C10H19N. The van der Waals surface area contributed by atoms with E-state index in [9.17, 15) is 0 Å². The molecule has 0 saturated carbocycles. The predicted octanol–water partition coefficient (Wildman–Crippen LogP) is 2.03. The molecule has 0 aliphatic heterocycles. The van der Waals surface area contributed by atoms with Crippen LogP contribution in [0.25, 0.3) is 0 Å². The summed E-state index contributed by atoms with van der Waals surface area (Å²) in [6.07, 6.45) is 7.19. The Morgan fingerprint density at radius 1 is 1.36 bits per heavy atom. The van der Waals surface area contributed by atoms with Crippen LogP contribution in [0.5, 0.6) is 0 Å². The maximum Gasteiger partial charge on any atom is 0.0211 e. The number of hydrogen-bond acceptors (Lipinski definition) is 1. The first-order valence-electron chi connectivity index (χ1n) is 4.33. The highest BCUT2D eigenvalue weighted by molar-refractivity contribution is 4.84. The van der Waals surface area contributed by atoms with E-state index in [1.807, 2.05) is 0 Å². The lowest BCUT2D eigenvalue weighted by molar-refractivity contribution is 0.447. The van der Waals surface area contributed by atoms with E-state index in [0.717, 1.165) is 18.9 Å². The molecule has 0 spiro atoms. The SMILES string of the molecule is C#CCCNC(C)CC(C)C. The molecule has 64 valence electrons. The van der Waals surface area contributed by atoms with Gasteiger partial charge < -0.3 is 5.32 Å². The van der Waals surface area contributed by atoms with Crippen molar-refractivity contribution in [2.45, 2.75) is 39.7 Å². The van der Waals surface area contributed by atoms with Crippen molar-refractivity contribution in [1.29, 1.82) is 0 Å². The maximum atomic E-state index is 5.13. The Morgan fingerprint density at radius 2 is 2.00 bits per heavy atom. The third-order valence-electron chi connectivity index (χ3n) is 1.59. The molecule has 11 heavy (non-hydrogen) atoms. The van der Waals surface area contributed by atoms with Gasteiger partial charge in [0.2, 0.25) is 0 Å². The lowest BCUT2D eigenvalue weighted by atomic mass is 10.1. The van der Waals surface area contributed by atoms with Crippen LogP contribution in [0.3, 0.4) is 0 Å². The molecule has 0 rings (SSSR count). The van der Waals surface area contributed by atoms with Gasteiger partial charge in [0.15, 0.2) is 0 Å². The fraction of sp³-hybridized carbons (Fsp3) is 0.800. The smallest absolute Gasteiger partial charge is 0.0211 e. The van der Waals surface area contributed by atoms with Crippen LogP contribution in [-0.2, 0) is 0 Å². The average molecular weight is 153 g/mol. The lowest BCUT2D eigenvalue weighted by Gasteiger charge is -2.14. The van der Waals surface area contributed by atoms with Gasteiger partial charge in [-0.05, 0) is 19.3 Å². The molecule has 1 nitrogen and oxygen atoms in total. The van der Waals surface area contributed by atoms with Crippen LogP contribution in [0.4, 0.5) is 0 Å². The molecule has 0 aromatic heterocycles. The topological polar surface area (TPSA) is 12.0 Å². The molecule has 0 aromatic carbocycles. The van der Waals surface area contributed by atoms with E-state index < -0.39 is 0 Å². The van der Waals surface area contributed by atoms with Crippen LogP contribution in [0, 0.1) is 18.3 Å². The molecule has 0 aliphatic rings. The average Bonchev–Trinajstić information content (AvgIpc) is 1.86. The van der Waals surface area contributed by atoms with Crippen molar-refractivity contribution in [2.24, 2.45) is 5.92 Å². The number of rotatable bonds is 5. The van der Waals surface area contributed by atoms with E-state index in [1.165, 1.54) is 6.42 Å². The standard InChI is InChI=1S/C10H19N/c1-5-6-7-11-10(4)8-9(2)3/h1,9-11H,6-8H2,2-4H3. The number of terminal acetylenes is 1. The van der Waals surface area contributed by atoms with Crippen molar-refractivity contribution in [3.8, 4) is 12.3 Å². The van der Waals surface area contributed by atoms with Crippen LogP contribution in [-0.4, -0.2) is 12.6 Å². The maximum absolute atomic E-state index is 5.13. The summed E-state index contributed by atoms with van der Waals surface area (Å²) in [5.74, 6) is 3.38. The van der Waals surface area contributed by atoms with E-state index in [0.29, 0.717) is 6.04 Å². The van der Waals surface area contributed by atoms with Gasteiger partial charge in [0, 0.05) is 19.0 Å². The van der Waals surface area contributed by atoms with Gasteiger partial charge >= 0.3 is 0 Å². The Labute approximate surface area is 70.6 Å². The first-order valence-corrected chi connectivity index (χ1v) is 4.33. The van der Waals surface area contributed by atoms with Crippen molar-refractivity contribution in [2.75, 3.05) is 6.54 Å². The summed E-state index contributed by atoms with van der Waals surface area (Å²) in [6.45, 7) is 7.62. The molecular weight excluding hydrogens is 134 g/mol. The second-order valence-electron chi connectivity index (χ2n) is 3.44. The monoisotopic (exact) mass is 153 g/mol. The summed E-state index contributed by atoms with van der Waals surface area (Å²) in [5, 5.41) is 3.37. The molecule has 0 bridgehead atoms. The van der Waals surface area contributed by atoms with Crippen LogP contribution in [0.15, 0.2) is 0 Å². The largest absolute Gasteiger partial charge is 0.313 e. The van der Waals surface area contributed by atoms with E-state index in [2.05, 4.69) is 32.0 Å². The highest BCUT2D eigenvalue weighted by atomic mass is 14.9. The van der Waals surface area contributed by atoms with Crippen molar-refractivity contribution in [3.63, 3.8) is 0 Å².